The normalized spacial score (nSPS) is 17.2. The molecule has 1 aromatic carbocycles. The lowest BCUT2D eigenvalue weighted by molar-refractivity contribution is -0.119. The van der Waals surface area contributed by atoms with Crippen LogP contribution < -0.4 is 9.62 Å². The van der Waals surface area contributed by atoms with E-state index in [4.69, 9.17) is 11.6 Å². The number of rotatable bonds is 4. The van der Waals surface area contributed by atoms with Crippen molar-refractivity contribution in [2.24, 2.45) is 5.92 Å². The molecule has 1 N–H and O–H groups in total. The van der Waals surface area contributed by atoms with Gasteiger partial charge in [0.1, 0.15) is 4.21 Å². The highest BCUT2D eigenvalue weighted by Gasteiger charge is 2.35. The number of anilines is 2. The molecule has 25 heavy (non-hydrogen) atoms. The van der Waals surface area contributed by atoms with Crippen LogP contribution in [0.5, 0.6) is 0 Å². The van der Waals surface area contributed by atoms with Crippen molar-refractivity contribution in [2.75, 3.05) is 16.2 Å². The van der Waals surface area contributed by atoms with E-state index in [1.165, 1.54) is 6.07 Å². The molecule has 1 aliphatic carbocycles. The second kappa shape index (κ2) is 6.30. The first-order valence-electron chi connectivity index (χ1n) is 8.16. The third-order valence-corrected chi connectivity index (χ3v) is 7.56. The van der Waals surface area contributed by atoms with Crippen LogP contribution in [0.2, 0.25) is 4.34 Å². The maximum Gasteiger partial charge on any atom is 0.271 e. The van der Waals surface area contributed by atoms with Crippen molar-refractivity contribution in [3.05, 3.63) is 40.2 Å². The fourth-order valence-electron chi connectivity index (χ4n) is 3.09. The number of benzene rings is 1. The molecule has 1 aromatic heterocycles. The van der Waals surface area contributed by atoms with E-state index in [9.17, 15) is 13.2 Å². The molecule has 0 spiro atoms. The average Bonchev–Trinajstić information content (AvgIpc) is 3.33. The lowest BCUT2D eigenvalue weighted by Gasteiger charge is -2.30. The summed E-state index contributed by atoms with van der Waals surface area (Å²) in [4.78, 5) is 14.3. The first-order chi connectivity index (χ1) is 11.9. The van der Waals surface area contributed by atoms with Crippen LogP contribution in [-0.2, 0) is 21.2 Å². The average molecular weight is 397 g/mol. The maximum atomic E-state index is 12.4. The van der Waals surface area contributed by atoms with Crippen LogP contribution in [0, 0.1) is 5.92 Å². The highest BCUT2D eigenvalue weighted by Crippen LogP contribution is 2.37. The molecule has 0 saturated heterocycles. The molecule has 0 bridgehead atoms. The lowest BCUT2D eigenvalue weighted by atomic mass is 10.0. The van der Waals surface area contributed by atoms with Crippen molar-refractivity contribution in [2.45, 2.75) is 29.9 Å². The summed E-state index contributed by atoms with van der Waals surface area (Å²) in [5, 5.41) is 0. The molecule has 2 aliphatic rings. The Morgan fingerprint density at radius 3 is 2.72 bits per heavy atom. The summed E-state index contributed by atoms with van der Waals surface area (Å²) in [5.41, 5.74) is 2.42. The van der Waals surface area contributed by atoms with Crippen molar-refractivity contribution < 1.29 is 13.2 Å². The Hall–Kier alpha value is -1.57. The van der Waals surface area contributed by atoms with Gasteiger partial charge in [-0.2, -0.15) is 0 Å². The van der Waals surface area contributed by atoms with Gasteiger partial charge >= 0.3 is 0 Å². The molecule has 1 aliphatic heterocycles. The predicted molar refractivity (Wildman–Crippen MR) is 100.0 cm³/mol. The van der Waals surface area contributed by atoms with E-state index in [1.54, 1.807) is 12.1 Å². The monoisotopic (exact) mass is 396 g/mol. The molecular formula is C17H17ClN2O3S2. The Kier molecular flexibility index (Phi) is 4.25. The van der Waals surface area contributed by atoms with Gasteiger partial charge in [-0.15, -0.1) is 11.3 Å². The molecule has 8 heteroatoms. The van der Waals surface area contributed by atoms with Crippen LogP contribution in [0.15, 0.2) is 34.5 Å². The number of aryl methyl sites for hydroxylation is 1. The van der Waals surface area contributed by atoms with Gasteiger partial charge in [-0.1, -0.05) is 11.6 Å². The number of sulfonamides is 1. The molecule has 2 heterocycles. The Balaban J connectivity index is 1.59. The van der Waals surface area contributed by atoms with Gasteiger partial charge in [0, 0.05) is 23.8 Å². The zero-order chi connectivity index (χ0) is 17.6. The van der Waals surface area contributed by atoms with Crippen molar-refractivity contribution in [1.82, 2.24) is 0 Å². The minimum atomic E-state index is -3.65. The Labute approximate surface area is 155 Å². The second-order valence-corrected chi connectivity index (χ2v) is 10.00. The van der Waals surface area contributed by atoms with Crippen molar-refractivity contribution in [1.29, 1.82) is 0 Å². The molecule has 4 rings (SSSR count). The van der Waals surface area contributed by atoms with Gasteiger partial charge in [0.15, 0.2) is 0 Å². The molecule has 5 nitrogen and oxygen atoms in total. The Bertz CT molecular complexity index is 935. The zero-order valence-corrected chi connectivity index (χ0v) is 15.8. The highest BCUT2D eigenvalue weighted by molar-refractivity contribution is 7.94. The van der Waals surface area contributed by atoms with Gasteiger partial charge in [0.2, 0.25) is 5.91 Å². The van der Waals surface area contributed by atoms with E-state index in [0.717, 1.165) is 54.8 Å². The van der Waals surface area contributed by atoms with Gasteiger partial charge < -0.3 is 4.90 Å². The van der Waals surface area contributed by atoms with Crippen LogP contribution in [0.1, 0.15) is 24.8 Å². The fraction of sp³-hybridized carbons (Fsp3) is 0.353. The molecule has 2 aromatic rings. The summed E-state index contributed by atoms with van der Waals surface area (Å²) in [6.07, 6.45) is 3.68. The summed E-state index contributed by atoms with van der Waals surface area (Å²) in [6, 6.07) is 8.44. The van der Waals surface area contributed by atoms with Crippen molar-refractivity contribution in [3.63, 3.8) is 0 Å². The van der Waals surface area contributed by atoms with Crippen LogP contribution in [-0.4, -0.2) is 20.9 Å². The SMILES string of the molecule is O=C(C1CC1)N1CCCc2cc(NS(=O)(=O)c3ccc(Cl)s3)ccc21. The second-order valence-electron chi connectivity index (χ2n) is 6.38. The largest absolute Gasteiger partial charge is 0.312 e. The predicted octanol–water partition coefficient (Wildman–Crippen LogP) is 3.89. The fourth-order valence-corrected chi connectivity index (χ4v) is 5.62. The van der Waals surface area contributed by atoms with E-state index in [1.807, 2.05) is 17.0 Å². The minimum Gasteiger partial charge on any atom is -0.312 e. The van der Waals surface area contributed by atoms with Gasteiger partial charge in [-0.05, 0) is 61.6 Å². The number of nitrogens with one attached hydrogen (secondary N) is 1. The maximum absolute atomic E-state index is 12.4. The first-order valence-corrected chi connectivity index (χ1v) is 10.8. The molecule has 0 unspecified atom stereocenters. The molecule has 0 radical (unpaired) electrons. The van der Waals surface area contributed by atoms with Crippen molar-refractivity contribution in [3.8, 4) is 0 Å². The summed E-state index contributed by atoms with van der Waals surface area (Å²) < 4.78 is 28.1. The molecule has 1 saturated carbocycles. The van der Waals surface area contributed by atoms with Crippen LogP contribution in [0.3, 0.4) is 0 Å². The standard InChI is InChI=1S/C17H17ClN2O3S2/c18-15-7-8-16(24-15)25(22,23)19-13-5-6-14-12(10-13)2-1-9-20(14)17(21)11-3-4-11/h5-8,10-11,19H,1-4,9H2. The zero-order valence-electron chi connectivity index (χ0n) is 13.4. The van der Waals surface area contributed by atoms with Crippen LogP contribution in [0.25, 0.3) is 0 Å². The molecule has 1 amide bonds. The third-order valence-electron chi connectivity index (χ3n) is 4.46. The number of halogens is 1. The molecule has 0 atom stereocenters. The summed E-state index contributed by atoms with van der Waals surface area (Å²) in [5.74, 6) is 0.371. The van der Waals surface area contributed by atoms with Crippen LogP contribution >= 0.6 is 22.9 Å². The number of hydrogen-bond donors (Lipinski definition) is 1. The number of amides is 1. The van der Waals surface area contributed by atoms with E-state index < -0.39 is 10.0 Å². The number of nitrogens with zero attached hydrogens (tertiary/aromatic N) is 1. The smallest absolute Gasteiger partial charge is 0.271 e. The van der Waals surface area contributed by atoms with E-state index >= 15 is 0 Å². The molecule has 132 valence electrons. The topological polar surface area (TPSA) is 66.5 Å². The van der Waals surface area contributed by atoms with Gasteiger partial charge in [0.05, 0.1) is 4.34 Å². The summed E-state index contributed by atoms with van der Waals surface area (Å²) >= 11 is 6.85. The van der Waals surface area contributed by atoms with Gasteiger partial charge in [0.25, 0.3) is 10.0 Å². The number of hydrogen-bond acceptors (Lipinski definition) is 4. The van der Waals surface area contributed by atoms with Crippen LogP contribution in [0.4, 0.5) is 11.4 Å². The number of fused-ring (bicyclic) bond motifs is 1. The molecular weight excluding hydrogens is 380 g/mol. The lowest BCUT2D eigenvalue weighted by Crippen LogP contribution is -2.36. The Morgan fingerprint density at radius 2 is 2.04 bits per heavy atom. The van der Waals surface area contributed by atoms with Gasteiger partial charge in [-0.3, -0.25) is 9.52 Å². The molecule has 1 fully saturated rings. The minimum absolute atomic E-state index is 0.174. The van der Waals surface area contributed by atoms with Gasteiger partial charge in [-0.25, -0.2) is 8.42 Å². The number of carbonyl (C=O) groups excluding carboxylic acids is 1. The van der Waals surface area contributed by atoms with E-state index in [2.05, 4.69) is 4.72 Å². The number of carbonyl (C=O) groups is 1. The van der Waals surface area contributed by atoms with Crippen molar-refractivity contribution >= 4 is 50.2 Å². The third kappa shape index (κ3) is 3.41. The first kappa shape index (κ1) is 16.9. The van der Waals surface area contributed by atoms with E-state index in [-0.39, 0.29) is 16.0 Å². The quantitative estimate of drug-likeness (QED) is 0.852. The van der Waals surface area contributed by atoms with E-state index in [0.29, 0.717) is 10.0 Å². The Morgan fingerprint density at radius 1 is 1.24 bits per heavy atom. The summed E-state index contributed by atoms with van der Waals surface area (Å²) in [7, 11) is -3.65. The highest BCUT2D eigenvalue weighted by atomic mass is 35.5. The summed E-state index contributed by atoms with van der Waals surface area (Å²) in [6.45, 7) is 0.737. The number of thiophene rings is 1.